The molecule has 1 heterocycles. The number of hydrogen-bond acceptors (Lipinski definition) is 2. The molecule has 1 unspecified atom stereocenters. The lowest BCUT2D eigenvalue weighted by molar-refractivity contribution is 0.228. The molecule has 1 nitrogen and oxygen atoms in total. The van der Waals surface area contributed by atoms with Crippen LogP contribution in [0.5, 0.6) is 5.75 Å². The van der Waals surface area contributed by atoms with Crippen LogP contribution in [0.25, 0.3) is 4.91 Å². The van der Waals surface area contributed by atoms with E-state index in [0.29, 0.717) is 6.10 Å². The first-order valence-electron chi connectivity index (χ1n) is 5.89. The Balaban J connectivity index is 2.40. The lowest BCUT2D eigenvalue weighted by Crippen LogP contribution is -2.10. The molecule has 0 bridgehead atoms. The topological polar surface area (TPSA) is 9.23 Å². The van der Waals surface area contributed by atoms with Gasteiger partial charge in [0.1, 0.15) is 11.9 Å². The van der Waals surface area contributed by atoms with Crippen molar-refractivity contribution >= 4 is 28.3 Å². The molecule has 17 heavy (non-hydrogen) atoms. The molecule has 3 heteroatoms. The van der Waals surface area contributed by atoms with E-state index < -0.39 is 0 Å². The molecule has 0 spiro atoms. The number of hydrogen-bond donors (Lipinski definition) is 0. The molecular weight excluding hydrogens is 252 g/mol. The molecular formula is C14H17ClOS. The number of allylic oxidation sites excluding steroid dienone is 1. The molecule has 0 saturated carbocycles. The van der Waals surface area contributed by atoms with Crippen LogP contribution in [0.2, 0.25) is 5.02 Å². The fraction of sp³-hybridized carbons (Fsp3) is 0.429. The molecule has 1 aliphatic rings. The average molecular weight is 269 g/mol. The van der Waals surface area contributed by atoms with Crippen molar-refractivity contribution < 1.29 is 4.74 Å². The number of fused-ring (bicyclic) bond motifs is 1. The van der Waals surface area contributed by atoms with Crippen LogP contribution in [0.1, 0.15) is 31.4 Å². The standard InChI is InChI=1S/C14H17ClOS/c1-4-11-7-10-6-9(13(5-2)17-3)8-12(15)14(10)16-11/h5-6,8,11H,4,7H2,1-3H3/b13-5-. The zero-order valence-electron chi connectivity index (χ0n) is 10.4. The molecule has 0 aromatic heterocycles. The van der Waals surface area contributed by atoms with Gasteiger partial charge in [0, 0.05) is 11.3 Å². The minimum atomic E-state index is 0.293. The Hall–Kier alpha value is -0.600. The highest BCUT2D eigenvalue weighted by Gasteiger charge is 2.24. The van der Waals surface area contributed by atoms with Crippen molar-refractivity contribution in [2.75, 3.05) is 6.26 Å². The first-order valence-corrected chi connectivity index (χ1v) is 7.49. The number of benzene rings is 1. The molecule has 0 saturated heterocycles. The van der Waals surface area contributed by atoms with E-state index in [2.05, 4.69) is 32.2 Å². The molecule has 0 fully saturated rings. The predicted octanol–water partition coefficient (Wildman–Crippen LogP) is 4.78. The van der Waals surface area contributed by atoms with Gasteiger partial charge in [0.05, 0.1) is 5.02 Å². The first kappa shape index (κ1) is 12.8. The van der Waals surface area contributed by atoms with Gasteiger partial charge in [-0.1, -0.05) is 24.6 Å². The average Bonchev–Trinajstić information content (AvgIpc) is 2.74. The third-order valence-electron chi connectivity index (χ3n) is 3.07. The largest absolute Gasteiger partial charge is 0.488 e. The third kappa shape index (κ3) is 2.48. The van der Waals surface area contributed by atoms with E-state index in [1.807, 2.05) is 6.07 Å². The minimum Gasteiger partial charge on any atom is -0.488 e. The fourth-order valence-corrected chi connectivity index (χ4v) is 3.03. The Labute approximate surface area is 112 Å². The van der Waals surface area contributed by atoms with E-state index in [1.165, 1.54) is 16.0 Å². The van der Waals surface area contributed by atoms with Gasteiger partial charge in [-0.05, 0) is 42.9 Å². The summed E-state index contributed by atoms with van der Waals surface area (Å²) in [6, 6.07) is 4.22. The van der Waals surface area contributed by atoms with Gasteiger partial charge in [0.25, 0.3) is 0 Å². The van der Waals surface area contributed by atoms with Crippen molar-refractivity contribution in [3.63, 3.8) is 0 Å². The second kappa shape index (κ2) is 5.36. The van der Waals surface area contributed by atoms with Gasteiger partial charge < -0.3 is 4.74 Å². The summed E-state index contributed by atoms with van der Waals surface area (Å²) < 4.78 is 5.83. The van der Waals surface area contributed by atoms with Crippen molar-refractivity contribution in [1.82, 2.24) is 0 Å². The van der Waals surface area contributed by atoms with Gasteiger partial charge in [-0.2, -0.15) is 0 Å². The monoisotopic (exact) mass is 268 g/mol. The molecule has 2 rings (SSSR count). The van der Waals surface area contributed by atoms with E-state index in [1.54, 1.807) is 11.8 Å². The molecule has 0 amide bonds. The quantitative estimate of drug-likeness (QED) is 0.780. The van der Waals surface area contributed by atoms with Crippen LogP contribution >= 0.6 is 23.4 Å². The van der Waals surface area contributed by atoms with Gasteiger partial charge in [-0.25, -0.2) is 0 Å². The highest BCUT2D eigenvalue weighted by Crippen LogP contribution is 2.40. The summed E-state index contributed by atoms with van der Waals surface area (Å²) in [6.45, 7) is 4.20. The third-order valence-corrected chi connectivity index (χ3v) is 4.27. The maximum Gasteiger partial charge on any atom is 0.141 e. The molecule has 0 N–H and O–H groups in total. The lowest BCUT2D eigenvalue weighted by Gasteiger charge is -2.09. The highest BCUT2D eigenvalue weighted by atomic mass is 35.5. The van der Waals surface area contributed by atoms with Crippen LogP contribution < -0.4 is 4.74 Å². The molecule has 1 aliphatic heterocycles. The number of rotatable bonds is 3. The van der Waals surface area contributed by atoms with E-state index in [0.717, 1.165) is 23.6 Å². The van der Waals surface area contributed by atoms with E-state index in [9.17, 15) is 0 Å². The molecule has 1 aromatic carbocycles. The van der Waals surface area contributed by atoms with Gasteiger partial charge in [-0.15, -0.1) is 11.8 Å². The highest BCUT2D eigenvalue weighted by molar-refractivity contribution is 8.07. The molecule has 1 aromatic rings. The van der Waals surface area contributed by atoms with Crippen molar-refractivity contribution in [1.29, 1.82) is 0 Å². The maximum absolute atomic E-state index is 6.29. The summed E-state index contributed by atoms with van der Waals surface area (Å²) in [5.41, 5.74) is 2.44. The zero-order chi connectivity index (χ0) is 12.4. The van der Waals surface area contributed by atoms with E-state index in [4.69, 9.17) is 16.3 Å². The summed E-state index contributed by atoms with van der Waals surface area (Å²) in [7, 11) is 0. The van der Waals surface area contributed by atoms with Crippen molar-refractivity contribution in [2.24, 2.45) is 0 Å². The van der Waals surface area contributed by atoms with Crippen molar-refractivity contribution in [3.8, 4) is 5.75 Å². The smallest absolute Gasteiger partial charge is 0.141 e. The molecule has 1 atom stereocenters. The summed E-state index contributed by atoms with van der Waals surface area (Å²) in [5.74, 6) is 0.888. The van der Waals surface area contributed by atoms with Crippen LogP contribution in [-0.2, 0) is 6.42 Å². The Morgan fingerprint density at radius 1 is 1.59 bits per heavy atom. The van der Waals surface area contributed by atoms with E-state index in [-0.39, 0.29) is 0 Å². The van der Waals surface area contributed by atoms with Crippen molar-refractivity contribution in [2.45, 2.75) is 32.8 Å². The van der Waals surface area contributed by atoms with Crippen LogP contribution in [0.15, 0.2) is 18.2 Å². The van der Waals surface area contributed by atoms with Crippen LogP contribution in [0.3, 0.4) is 0 Å². The van der Waals surface area contributed by atoms with Gasteiger partial charge >= 0.3 is 0 Å². The van der Waals surface area contributed by atoms with Gasteiger partial charge in [0.2, 0.25) is 0 Å². The lowest BCUT2D eigenvalue weighted by atomic mass is 10.1. The SMILES string of the molecule is C/C=C(\SC)c1cc(Cl)c2c(c1)CC(CC)O2. The first-order chi connectivity index (χ1) is 8.19. The summed E-state index contributed by atoms with van der Waals surface area (Å²) in [4.78, 5) is 1.26. The molecule has 0 aliphatic carbocycles. The Morgan fingerprint density at radius 3 is 2.94 bits per heavy atom. The van der Waals surface area contributed by atoms with Crippen LogP contribution in [-0.4, -0.2) is 12.4 Å². The summed E-state index contributed by atoms with van der Waals surface area (Å²) >= 11 is 8.04. The number of ether oxygens (including phenoxy) is 1. The number of halogens is 1. The fourth-order valence-electron chi connectivity index (χ4n) is 2.16. The van der Waals surface area contributed by atoms with Gasteiger partial charge in [0.15, 0.2) is 0 Å². The van der Waals surface area contributed by atoms with E-state index >= 15 is 0 Å². The second-order valence-electron chi connectivity index (χ2n) is 4.16. The Kier molecular flexibility index (Phi) is 4.05. The second-order valence-corrected chi connectivity index (χ2v) is 5.41. The zero-order valence-corrected chi connectivity index (χ0v) is 12.0. The summed E-state index contributed by atoms with van der Waals surface area (Å²) in [6.07, 6.45) is 6.50. The molecule has 92 valence electrons. The minimum absolute atomic E-state index is 0.293. The molecule has 0 radical (unpaired) electrons. The number of thioether (sulfide) groups is 1. The Bertz CT molecular complexity index is 454. The van der Waals surface area contributed by atoms with Crippen LogP contribution in [0, 0.1) is 0 Å². The van der Waals surface area contributed by atoms with Crippen molar-refractivity contribution in [3.05, 3.63) is 34.4 Å². The van der Waals surface area contributed by atoms with Gasteiger partial charge in [-0.3, -0.25) is 0 Å². The summed E-state index contributed by atoms with van der Waals surface area (Å²) in [5, 5.41) is 0.738. The predicted molar refractivity (Wildman–Crippen MR) is 77.0 cm³/mol. The van der Waals surface area contributed by atoms with Crippen LogP contribution in [0.4, 0.5) is 0 Å². The normalized spacial score (nSPS) is 19.1. The maximum atomic E-state index is 6.29. The Morgan fingerprint density at radius 2 is 2.35 bits per heavy atom.